The second kappa shape index (κ2) is 3.88. The van der Waals surface area contributed by atoms with Crippen molar-refractivity contribution in [2.24, 2.45) is 5.73 Å². The molecule has 14 heavy (non-hydrogen) atoms. The first-order valence-corrected chi connectivity index (χ1v) is 4.32. The molecule has 1 rings (SSSR count). The minimum Gasteiger partial charge on any atom is -0.321 e. The molecule has 76 valence electrons. The molecule has 0 saturated heterocycles. The molecule has 0 bridgehead atoms. The third-order valence-electron chi connectivity index (χ3n) is 2.11. The summed E-state index contributed by atoms with van der Waals surface area (Å²) in [6, 6.07) is 3.41. The van der Waals surface area contributed by atoms with Gasteiger partial charge in [0.1, 0.15) is 11.6 Å². The van der Waals surface area contributed by atoms with Gasteiger partial charge in [-0.15, -0.1) is 6.58 Å². The molecule has 0 fully saturated rings. The van der Waals surface area contributed by atoms with Gasteiger partial charge in [0.25, 0.3) is 0 Å². The summed E-state index contributed by atoms with van der Waals surface area (Å²) < 4.78 is 25.9. The van der Waals surface area contributed by atoms with Crippen LogP contribution in [0.1, 0.15) is 18.9 Å². The molecule has 0 spiro atoms. The third kappa shape index (κ3) is 2.17. The van der Waals surface area contributed by atoms with E-state index in [0.717, 1.165) is 6.07 Å². The second-order valence-corrected chi connectivity index (χ2v) is 3.53. The Balaban J connectivity index is 3.12. The third-order valence-corrected chi connectivity index (χ3v) is 2.11. The van der Waals surface area contributed by atoms with E-state index < -0.39 is 17.2 Å². The van der Waals surface area contributed by atoms with Crippen LogP contribution in [0.4, 0.5) is 8.78 Å². The first-order chi connectivity index (χ1) is 6.47. The molecular formula is C11H13F2N. The monoisotopic (exact) mass is 197 g/mol. The summed E-state index contributed by atoms with van der Waals surface area (Å²) in [6.07, 6.45) is 2.05. The standard InChI is InChI=1S/C11H13F2N/c1-3-6-11(2,14)9-5-4-8(12)7-10(9)13/h3-5,7H,1,6,14H2,2H3/t11-/m0/s1. The maximum atomic E-state index is 13.3. The van der Waals surface area contributed by atoms with Crippen molar-refractivity contribution >= 4 is 0 Å². The van der Waals surface area contributed by atoms with E-state index in [1.807, 2.05) is 0 Å². The zero-order valence-electron chi connectivity index (χ0n) is 8.06. The predicted molar refractivity (Wildman–Crippen MR) is 52.7 cm³/mol. The lowest BCUT2D eigenvalue weighted by molar-refractivity contribution is 0.460. The van der Waals surface area contributed by atoms with Crippen molar-refractivity contribution in [1.29, 1.82) is 0 Å². The van der Waals surface area contributed by atoms with Crippen molar-refractivity contribution in [3.63, 3.8) is 0 Å². The molecule has 0 aliphatic rings. The summed E-state index contributed by atoms with van der Waals surface area (Å²) in [5, 5.41) is 0. The number of hydrogen-bond acceptors (Lipinski definition) is 1. The highest BCUT2D eigenvalue weighted by Gasteiger charge is 2.23. The van der Waals surface area contributed by atoms with Crippen LogP contribution in [0, 0.1) is 11.6 Å². The van der Waals surface area contributed by atoms with Crippen LogP contribution in [0.15, 0.2) is 30.9 Å². The van der Waals surface area contributed by atoms with Crippen molar-refractivity contribution in [3.05, 3.63) is 48.1 Å². The fraction of sp³-hybridized carbons (Fsp3) is 0.273. The predicted octanol–water partition coefficient (Wildman–Crippen LogP) is 2.71. The molecule has 0 saturated carbocycles. The largest absolute Gasteiger partial charge is 0.321 e. The summed E-state index contributed by atoms with van der Waals surface area (Å²) in [4.78, 5) is 0. The zero-order chi connectivity index (χ0) is 10.8. The first-order valence-electron chi connectivity index (χ1n) is 4.32. The maximum Gasteiger partial charge on any atom is 0.131 e. The van der Waals surface area contributed by atoms with Gasteiger partial charge in [0.2, 0.25) is 0 Å². The minimum absolute atomic E-state index is 0.304. The van der Waals surface area contributed by atoms with Gasteiger partial charge in [0, 0.05) is 17.2 Å². The van der Waals surface area contributed by atoms with Gasteiger partial charge in [-0.05, 0) is 19.4 Å². The van der Waals surface area contributed by atoms with Crippen LogP contribution in [-0.4, -0.2) is 0 Å². The van der Waals surface area contributed by atoms with E-state index in [1.54, 1.807) is 13.0 Å². The van der Waals surface area contributed by atoms with Gasteiger partial charge in [-0.1, -0.05) is 12.1 Å². The van der Waals surface area contributed by atoms with Gasteiger partial charge in [0.15, 0.2) is 0 Å². The molecule has 0 unspecified atom stereocenters. The number of nitrogens with two attached hydrogens (primary N) is 1. The van der Waals surface area contributed by atoms with Crippen LogP contribution >= 0.6 is 0 Å². The van der Waals surface area contributed by atoms with Crippen LogP contribution in [0.25, 0.3) is 0 Å². The highest BCUT2D eigenvalue weighted by Crippen LogP contribution is 2.24. The maximum absolute atomic E-state index is 13.3. The van der Waals surface area contributed by atoms with E-state index in [-0.39, 0.29) is 0 Å². The molecule has 1 aromatic rings. The second-order valence-electron chi connectivity index (χ2n) is 3.53. The van der Waals surface area contributed by atoms with Crippen molar-refractivity contribution in [2.45, 2.75) is 18.9 Å². The summed E-state index contributed by atoms with van der Waals surface area (Å²) in [5.74, 6) is -1.21. The Morgan fingerprint density at radius 1 is 1.50 bits per heavy atom. The Morgan fingerprint density at radius 2 is 2.14 bits per heavy atom. The molecule has 0 heterocycles. The molecule has 0 aliphatic heterocycles. The van der Waals surface area contributed by atoms with E-state index in [1.165, 1.54) is 12.1 Å². The van der Waals surface area contributed by atoms with E-state index in [9.17, 15) is 8.78 Å². The molecule has 0 aliphatic carbocycles. The lowest BCUT2D eigenvalue weighted by atomic mass is 9.89. The molecular weight excluding hydrogens is 184 g/mol. The van der Waals surface area contributed by atoms with Crippen molar-refractivity contribution in [3.8, 4) is 0 Å². The molecule has 3 heteroatoms. The highest BCUT2D eigenvalue weighted by molar-refractivity contribution is 5.26. The van der Waals surface area contributed by atoms with Crippen LogP contribution in [0.3, 0.4) is 0 Å². The summed E-state index contributed by atoms with van der Waals surface area (Å²) in [7, 11) is 0. The Hall–Kier alpha value is -1.22. The van der Waals surface area contributed by atoms with Crippen molar-refractivity contribution in [1.82, 2.24) is 0 Å². The fourth-order valence-electron chi connectivity index (χ4n) is 1.36. The topological polar surface area (TPSA) is 26.0 Å². The van der Waals surface area contributed by atoms with E-state index in [4.69, 9.17) is 5.73 Å². The Bertz CT molecular complexity index is 345. The number of rotatable bonds is 3. The van der Waals surface area contributed by atoms with Gasteiger partial charge in [-0.25, -0.2) is 8.78 Å². The lowest BCUT2D eigenvalue weighted by Crippen LogP contribution is -2.33. The number of halogens is 2. The van der Waals surface area contributed by atoms with E-state index >= 15 is 0 Å². The molecule has 1 aromatic carbocycles. The summed E-state index contributed by atoms with van der Waals surface area (Å²) >= 11 is 0. The minimum atomic E-state index is -0.834. The molecule has 0 radical (unpaired) electrons. The smallest absolute Gasteiger partial charge is 0.131 e. The SMILES string of the molecule is C=CC[C@](C)(N)c1ccc(F)cc1F. The molecule has 1 nitrogen and oxygen atoms in total. The van der Waals surface area contributed by atoms with Crippen molar-refractivity contribution < 1.29 is 8.78 Å². The summed E-state index contributed by atoms with van der Waals surface area (Å²) in [5.41, 5.74) is 5.34. The normalized spacial score (nSPS) is 14.9. The van der Waals surface area contributed by atoms with Crippen LogP contribution in [0.5, 0.6) is 0 Å². The highest BCUT2D eigenvalue weighted by atomic mass is 19.1. The Labute approximate surface area is 82.2 Å². The lowest BCUT2D eigenvalue weighted by Gasteiger charge is -2.23. The van der Waals surface area contributed by atoms with Gasteiger partial charge >= 0.3 is 0 Å². The van der Waals surface area contributed by atoms with Crippen LogP contribution < -0.4 is 5.73 Å². The number of benzene rings is 1. The number of hydrogen-bond donors (Lipinski definition) is 1. The molecule has 0 aromatic heterocycles. The zero-order valence-corrected chi connectivity index (χ0v) is 8.06. The van der Waals surface area contributed by atoms with Gasteiger partial charge in [-0.2, -0.15) is 0 Å². The van der Waals surface area contributed by atoms with Crippen molar-refractivity contribution in [2.75, 3.05) is 0 Å². The van der Waals surface area contributed by atoms with Crippen LogP contribution in [0.2, 0.25) is 0 Å². The van der Waals surface area contributed by atoms with Gasteiger partial charge in [-0.3, -0.25) is 0 Å². The molecule has 2 N–H and O–H groups in total. The molecule has 0 amide bonds. The Morgan fingerprint density at radius 3 is 2.64 bits per heavy atom. The Kier molecular flexibility index (Phi) is 3.01. The summed E-state index contributed by atoms with van der Waals surface area (Å²) in [6.45, 7) is 5.23. The van der Waals surface area contributed by atoms with E-state index in [0.29, 0.717) is 12.0 Å². The average molecular weight is 197 g/mol. The van der Waals surface area contributed by atoms with Gasteiger partial charge in [0.05, 0.1) is 0 Å². The average Bonchev–Trinajstić information content (AvgIpc) is 2.02. The van der Waals surface area contributed by atoms with E-state index in [2.05, 4.69) is 6.58 Å². The molecule has 1 atom stereocenters. The van der Waals surface area contributed by atoms with Crippen LogP contribution in [-0.2, 0) is 5.54 Å². The quantitative estimate of drug-likeness (QED) is 0.741. The fourth-order valence-corrected chi connectivity index (χ4v) is 1.36. The van der Waals surface area contributed by atoms with Gasteiger partial charge < -0.3 is 5.73 Å². The first kappa shape index (κ1) is 10.9.